The summed E-state index contributed by atoms with van der Waals surface area (Å²) < 4.78 is 0.507. The summed E-state index contributed by atoms with van der Waals surface area (Å²) in [6, 6.07) is 10.0. The van der Waals surface area contributed by atoms with Crippen molar-refractivity contribution in [3.8, 4) is 6.07 Å². The zero-order valence-electron chi connectivity index (χ0n) is 7.87. The summed E-state index contributed by atoms with van der Waals surface area (Å²) in [5.41, 5.74) is 0. The lowest BCUT2D eigenvalue weighted by molar-refractivity contribution is -0.124. The first-order valence-electron chi connectivity index (χ1n) is 4.51. The number of nitriles is 1. The Bertz CT molecular complexity index is 427. The van der Waals surface area contributed by atoms with E-state index in [1.165, 1.54) is 11.8 Å². The Morgan fingerprint density at radius 1 is 1.33 bits per heavy atom. The van der Waals surface area contributed by atoms with E-state index in [-0.39, 0.29) is 5.78 Å². The van der Waals surface area contributed by atoms with Gasteiger partial charge in [-0.1, -0.05) is 15.9 Å². The molecule has 0 radical (unpaired) electrons. The number of hydrogen-bond acceptors (Lipinski definition) is 3. The molecule has 0 unspecified atom stereocenters. The lowest BCUT2D eigenvalue weighted by atomic mass is 9.84. The monoisotopic (exact) mass is 281 g/mol. The Kier molecular flexibility index (Phi) is 2.85. The summed E-state index contributed by atoms with van der Waals surface area (Å²) >= 11 is 4.84. The fourth-order valence-corrected chi connectivity index (χ4v) is 2.99. The minimum atomic E-state index is -0.509. The van der Waals surface area contributed by atoms with Crippen molar-refractivity contribution in [3.63, 3.8) is 0 Å². The molecule has 1 aromatic carbocycles. The number of rotatable bonds is 2. The lowest BCUT2D eigenvalue weighted by Gasteiger charge is -2.32. The zero-order chi connectivity index (χ0) is 10.9. The van der Waals surface area contributed by atoms with Gasteiger partial charge in [0, 0.05) is 22.2 Å². The first-order chi connectivity index (χ1) is 7.13. The summed E-state index contributed by atoms with van der Waals surface area (Å²) in [4.78, 5) is 12.0. The number of carbonyl (C=O) groups is 1. The van der Waals surface area contributed by atoms with E-state index in [0.717, 1.165) is 9.37 Å². The van der Waals surface area contributed by atoms with Crippen molar-refractivity contribution < 1.29 is 4.79 Å². The van der Waals surface area contributed by atoms with Gasteiger partial charge in [-0.2, -0.15) is 5.26 Å². The second kappa shape index (κ2) is 3.99. The molecule has 1 fully saturated rings. The lowest BCUT2D eigenvalue weighted by Crippen LogP contribution is -2.39. The maximum Gasteiger partial charge on any atom is 0.137 e. The predicted molar refractivity (Wildman–Crippen MR) is 62.6 cm³/mol. The molecule has 0 N–H and O–H groups in total. The van der Waals surface area contributed by atoms with Crippen molar-refractivity contribution in [3.05, 3.63) is 28.7 Å². The topological polar surface area (TPSA) is 40.9 Å². The molecule has 4 heteroatoms. The van der Waals surface area contributed by atoms with Crippen LogP contribution in [0.2, 0.25) is 0 Å². The van der Waals surface area contributed by atoms with Gasteiger partial charge in [-0.05, 0) is 24.3 Å². The molecule has 0 aliphatic heterocycles. The molecule has 0 heterocycles. The van der Waals surface area contributed by atoms with Gasteiger partial charge in [0.05, 0.1) is 6.07 Å². The van der Waals surface area contributed by atoms with Gasteiger partial charge >= 0.3 is 0 Å². The van der Waals surface area contributed by atoms with Gasteiger partial charge in [0.25, 0.3) is 0 Å². The molecule has 76 valence electrons. The quantitative estimate of drug-likeness (QED) is 0.836. The molecule has 1 aliphatic carbocycles. The molecule has 0 amide bonds. The van der Waals surface area contributed by atoms with Gasteiger partial charge < -0.3 is 0 Å². The van der Waals surface area contributed by atoms with Crippen LogP contribution in [-0.4, -0.2) is 10.5 Å². The standard InChI is InChI=1S/C11H8BrNOS/c12-8-1-3-10(4-2-8)15-11(7-13)5-9(14)6-11/h1-4H,5-6H2. The van der Waals surface area contributed by atoms with Crippen molar-refractivity contribution >= 4 is 33.5 Å². The van der Waals surface area contributed by atoms with E-state index < -0.39 is 4.75 Å². The summed E-state index contributed by atoms with van der Waals surface area (Å²) in [5.74, 6) is 0.182. The van der Waals surface area contributed by atoms with E-state index in [2.05, 4.69) is 22.0 Å². The van der Waals surface area contributed by atoms with Crippen LogP contribution in [0.1, 0.15) is 12.8 Å². The molecule has 1 aliphatic rings. The minimum absolute atomic E-state index is 0.182. The van der Waals surface area contributed by atoms with Gasteiger partial charge in [0.1, 0.15) is 10.5 Å². The van der Waals surface area contributed by atoms with E-state index in [1.807, 2.05) is 24.3 Å². The normalized spacial score (nSPS) is 18.0. The van der Waals surface area contributed by atoms with Crippen LogP contribution in [0.4, 0.5) is 0 Å². The number of hydrogen-bond donors (Lipinski definition) is 0. The first-order valence-corrected chi connectivity index (χ1v) is 6.12. The molecular formula is C11H8BrNOS. The Balaban J connectivity index is 2.12. The van der Waals surface area contributed by atoms with Gasteiger partial charge in [-0.3, -0.25) is 4.79 Å². The second-order valence-electron chi connectivity index (χ2n) is 3.55. The molecule has 2 rings (SSSR count). The Labute approximate surface area is 101 Å². The van der Waals surface area contributed by atoms with E-state index in [9.17, 15) is 4.79 Å². The molecule has 0 spiro atoms. The Morgan fingerprint density at radius 3 is 2.40 bits per heavy atom. The molecule has 1 saturated carbocycles. The molecule has 15 heavy (non-hydrogen) atoms. The van der Waals surface area contributed by atoms with Gasteiger partial charge in [-0.25, -0.2) is 0 Å². The van der Waals surface area contributed by atoms with Crippen LogP contribution in [0.25, 0.3) is 0 Å². The van der Waals surface area contributed by atoms with Crippen LogP contribution < -0.4 is 0 Å². The fourth-order valence-electron chi connectivity index (χ4n) is 1.49. The smallest absolute Gasteiger partial charge is 0.137 e. The highest BCUT2D eigenvalue weighted by atomic mass is 79.9. The minimum Gasteiger partial charge on any atom is -0.300 e. The number of halogens is 1. The van der Waals surface area contributed by atoms with E-state index in [1.54, 1.807) is 0 Å². The van der Waals surface area contributed by atoms with Crippen LogP contribution in [-0.2, 0) is 4.79 Å². The predicted octanol–water partition coefficient (Wildman–Crippen LogP) is 3.17. The molecule has 0 aromatic heterocycles. The number of nitrogens with zero attached hydrogens (tertiary/aromatic N) is 1. The highest BCUT2D eigenvalue weighted by Gasteiger charge is 2.44. The van der Waals surface area contributed by atoms with E-state index in [4.69, 9.17) is 5.26 Å². The number of benzene rings is 1. The van der Waals surface area contributed by atoms with Gasteiger partial charge in [0.2, 0.25) is 0 Å². The Morgan fingerprint density at radius 2 is 1.93 bits per heavy atom. The molecule has 2 nitrogen and oxygen atoms in total. The highest BCUT2D eigenvalue weighted by Crippen LogP contribution is 2.45. The summed E-state index contributed by atoms with van der Waals surface area (Å²) in [6.07, 6.45) is 0.758. The number of ketones is 1. The fraction of sp³-hybridized carbons (Fsp3) is 0.273. The van der Waals surface area contributed by atoms with Crippen LogP contribution >= 0.6 is 27.7 Å². The van der Waals surface area contributed by atoms with Crippen LogP contribution in [0.5, 0.6) is 0 Å². The first kappa shape index (κ1) is 10.7. The van der Waals surface area contributed by atoms with E-state index >= 15 is 0 Å². The average Bonchev–Trinajstić information content (AvgIpc) is 2.18. The third-order valence-electron chi connectivity index (χ3n) is 2.30. The largest absolute Gasteiger partial charge is 0.300 e. The summed E-state index contributed by atoms with van der Waals surface area (Å²) in [7, 11) is 0. The summed E-state index contributed by atoms with van der Waals surface area (Å²) in [5, 5.41) is 9.04. The third kappa shape index (κ3) is 2.24. The van der Waals surface area contributed by atoms with Gasteiger partial charge in [-0.15, -0.1) is 11.8 Å². The number of thioether (sulfide) groups is 1. The highest BCUT2D eigenvalue weighted by molar-refractivity contribution is 9.10. The van der Waals surface area contributed by atoms with E-state index in [0.29, 0.717) is 12.8 Å². The second-order valence-corrected chi connectivity index (χ2v) is 5.93. The van der Waals surface area contributed by atoms with Crippen LogP contribution in [0.15, 0.2) is 33.6 Å². The van der Waals surface area contributed by atoms with Crippen molar-refractivity contribution in [2.45, 2.75) is 22.5 Å². The SMILES string of the molecule is N#CC1(Sc2ccc(Br)cc2)CC(=O)C1. The van der Waals surface area contributed by atoms with Crippen molar-refractivity contribution in [2.24, 2.45) is 0 Å². The third-order valence-corrected chi connectivity index (χ3v) is 4.10. The maximum absolute atomic E-state index is 10.9. The Hall–Kier alpha value is -0.790. The molecule has 0 atom stereocenters. The number of carbonyl (C=O) groups excluding carboxylic acids is 1. The molecule has 1 aromatic rings. The van der Waals surface area contributed by atoms with Crippen LogP contribution in [0, 0.1) is 11.3 Å². The average molecular weight is 282 g/mol. The zero-order valence-corrected chi connectivity index (χ0v) is 10.3. The molecule has 0 saturated heterocycles. The van der Waals surface area contributed by atoms with Crippen LogP contribution in [0.3, 0.4) is 0 Å². The van der Waals surface area contributed by atoms with Gasteiger partial charge in [0.15, 0.2) is 0 Å². The van der Waals surface area contributed by atoms with Crippen molar-refractivity contribution in [2.75, 3.05) is 0 Å². The summed E-state index contributed by atoms with van der Waals surface area (Å²) in [6.45, 7) is 0. The molecule has 0 bridgehead atoms. The molecular weight excluding hydrogens is 274 g/mol. The number of Topliss-reactive ketones (excluding diaryl/α,β-unsaturated/α-hetero) is 1. The van der Waals surface area contributed by atoms with Crippen molar-refractivity contribution in [1.82, 2.24) is 0 Å². The van der Waals surface area contributed by atoms with Crippen molar-refractivity contribution in [1.29, 1.82) is 5.26 Å². The maximum atomic E-state index is 10.9.